The number of aromatic nitrogens is 2. The summed E-state index contributed by atoms with van der Waals surface area (Å²) >= 11 is 0. The number of hydrogen-bond donors (Lipinski definition) is 1. The third-order valence-corrected chi connectivity index (χ3v) is 5.25. The number of nitrogen functional groups attached to an aromatic ring is 1. The predicted octanol–water partition coefficient (Wildman–Crippen LogP) is 2.39. The zero-order valence-corrected chi connectivity index (χ0v) is 14.5. The first kappa shape index (κ1) is 16.8. The van der Waals surface area contributed by atoms with E-state index in [2.05, 4.69) is 5.10 Å². The van der Waals surface area contributed by atoms with Crippen LogP contribution in [0.1, 0.15) is 0 Å². The van der Waals surface area contributed by atoms with Crippen molar-refractivity contribution < 1.29 is 17.9 Å². The summed E-state index contributed by atoms with van der Waals surface area (Å²) in [6.45, 7) is 0. The third kappa shape index (κ3) is 3.03. The first-order valence-corrected chi connectivity index (χ1v) is 8.80. The Bertz CT molecular complexity index is 998. The van der Waals surface area contributed by atoms with E-state index in [4.69, 9.17) is 15.2 Å². The van der Waals surface area contributed by atoms with E-state index in [1.54, 1.807) is 0 Å². The highest BCUT2D eigenvalue weighted by Crippen LogP contribution is 2.31. The maximum Gasteiger partial charge on any atom is 0.285 e. The summed E-state index contributed by atoms with van der Waals surface area (Å²) in [6, 6.07) is 15.0. The van der Waals surface area contributed by atoms with Crippen LogP contribution >= 0.6 is 0 Å². The smallest absolute Gasteiger partial charge is 0.285 e. The molecule has 3 aromatic rings. The van der Waals surface area contributed by atoms with Crippen molar-refractivity contribution in [2.45, 2.75) is 4.90 Å². The molecule has 0 atom stereocenters. The molecule has 0 fully saturated rings. The Morgan fingerprint density at radius 3 is 2.28 bits per heavy atom. The summed E-state index contributed by atoms with van der Waals surface area (Å²) in [5.74, 6) is 0.756. The van der Waals surface area contributed by atoms with E-state index in [-0.39, 0.29) is 10.7 Å². The van der Waals surface area contributed by atoms with Gasteiger partial charge in [-0.1, -0.05) is 30.3 Å². The SMILES string of the molecule is COc1ccc(S(=O)(=O)n2nc(-c3ccccc3)cc2N)cc1OC. The van der Waals surface area contributed by atoms with Crippen molar-refractivity contribution in [2.24, 2.45) is 0 Å². The number of hydrogen-bond acceptors (Lipinski definition) is 6. The quantitative estimate of drug-likeness (QED) is 0.751. The van der Waals surface area contributed by atoms with Crippen LogP contribution in [0.25, 0.3) is 11.3 Å². The molecule has 130 valence electrons. The first-order valence-electron chi connectivity index (χ1n) is 7.36. The van der Waals surface area contributed by atoms with E-state index >= 15 is 0 Å². The summed E-state index contributed by atoms with van der Waals surface area (Å²) in [5.41, 5.74) is 7.14. The van der Waals surface area contributed by atoms with Gasteiger partial charge >= 0.3 is 0 Å². The average Bonchev–Trinajstić information content (AvgIpc) is 3.04. The van der Waals surface area contributed by atoms with Crippen LogP contribution in [0.5, 0.6) is 11.5 Å². The van der Waals surface area contributed by atoms with Crippen LogP contribution < -0.4 is 15.2 Å². The van der Waals surface area contributed by atoms with Crippen molar-refractivity contribution in [1.29, 1.82) is 0 Å². The number of rotatable bonds is 5. The Balaban J connectivity index is 2.08. The molecule has 0 bridgehead atoms. The van der Waals surface area contributed by atoms with Gasteiger partial charge in [-0.15, -0.1) is 4.09 Å². The van der Waals surface area contributed by atoms with Crippen LogP contribution in [0.15, 0.2) is 59.5 Å². The predicted molar refractivity (Wildman–Crippen MR) is 94.2 cm³/mol. The number of ether oxygens (including phenoxy) is 2. The fourth-order valence-electron chi connectivity index (χ4n) is 2.40. The molecule has 0 unspecified atom stereocenters. The largest absolute Gasteiger partial charge is 0.493 e. The topological polar surface area (TPSA) is 96.4 Å². The lowest BCUT2D eigenvalue weighted by atomic mass is 10.2. The maximum absolute atomic E-state index is 12.9. The van der Waals surface area contributed by atoms with E-state index in [1.165, 1.54) is 38.5 Å². The molecule has 0 aliphatic rings. The van der Waals surface area contributed by atoms with Gasteiger partial charge in [0.05, 0.1) is 24.8 Å². The van der Waals surface area contributed by atoms with Gasteiger partial charge in [0, 0.05) is 17.7 Å². The average molecular weight is 359 g/mol. The highest BCUT2D eigenvalue weighted by atomic mass is 32.2. The van der Waals surface area contributed by atoms with Gasteiger partial charge in [0.2, 0.25) is 0 Å². The Morgan fingerprint density at radius 1 is 0.960 bits per heavy atom. The van der Waals surface area contributed by atoms with Crippen molar-refractivity contribution >= 4 is 15.8 Å². The molecule has 0 aliphatic heterocycles. The molecule has 7 nitrogen and oxygen atoms in total. The van der Waals surface area contributed by atoms with E-state index < -0.39 is 10.0 Å². The minimum Gasteiger partial charge on any atom is -0.493 e. The van der Waals surface area contributed by atoms with Gasteiger partial charge in [0.1, 0.15) is 5.82 Å². The van der Waals surface area contributed by atoms with E-state index in [0.29, 0.717) is 17.2 Å². The molecule has 0 radical (unpaired) electrons. The second-order valence-corrected chi connectivity index (χ2v) is 6.95. The van der Waals surface area contributed by atoms with Gasteiger partial charge in [0.25, 0.3) is 10.0 Å². The summed E-state index contributed by atoms with van der Waals surface area (Å²) in [4.78, 5) is -0.000406. The van der Waals surface area contributed by atoms with Crippen LogP contribution in [-0.4, -0.2) is 31.8 Å². The van der Waals surface area contributed by atoms with Crippen molar-refractivity contribution in [1.82, 2.24) is 9.19 Å². The Morgan fingerprint density at radius 2 is 1.64 bits per heavy atom. The number of anilines is 1. The molecule has 0 saturated carbocycles. The van der Waals surface area contributed by atoms with Crippen LogP contribution in [0.4, 0.5) is 5.82 Å². The third-order valence-electron chi connectivity index (χ3n) is 3.65. The number of benzene rings is 2. The van der Waals surface area contributed by atoms with Crippen molar-refractivity contribution in [2.75, 3.05) is 20.0 Å². The fraction of sp³-hybridized carbons (Fsp3) is 0.118. The molecule has 25 heavy (non-hydrogen) atoms. The zero-order valence-electron chi connectivity index (χ0n) is 13.7. The van der Waals surface area contributed by atoms with Crippen LogP contribution in [-0.2, 0) is 10.0 Å². The molecule has 0 amide bonds. The molecule has 1 heterocycles. The first-order chi connectivity index (χ1) is 12.0. The number of methoxy groups -OCH3 is 2. The van der Waals surface area contributed by atoms with Gasteiger partial charge in [-0.25, -0.2) is 0 Å². The molecule has 0 saturated heterocycles. The van der Waals surface area contributed by atoms with Crippen LogP contribution in [0, 0.1) is 0 Å². The lowest BCUT2D eigenvalue weighted by Gasteiger charge is -2.10. The van der Waals surface area contributed by atoms with Crippen molar-refractivity contribution in [3.63, 3.8) is 0 Å². The molecule has 1 aromatic heterocycles. The van der Waals surface area contributed by atoms with E-state index in [9.17, 15) is 8.42 Å². The molecule has 2 aromatic carbocycles. The number of nitrogens with two attached hydrogens (primary N) is 1. The Kier molecular flexibility index (Phi) is 4.37. The fourth-order valence-corrected chi connectivity index (χ4v) is 3.62. The standard InChI is InChI=1S/C17H17N3O4S/c1-23-15-9-8-13(10-16(15)24-2)25(21,22)20-17(18)11-14(19-20)12-6-4-3-5-7-12/h3-11H,18H2,1-2H3. The highest BCUT2D eigenvalue weighted by Gasteiger charge is 2.23. The molecule has 2 N–H and O–H groups in total. The highest BCUT2D eigenvalue weighted by molar-refractivity contribution is 7.90. The second kappa shape index (κ2) is 6.48. The van der Waals surface area contributed by atoms with E-state index in [1.807, 2.05) is 30.3 Å². The zero-order chi connectivity index (χ0) is 18.0. The monoisotopic (exact) mass is 359 g/mol. The molecule has 0 spiro atoms. The van der Waals surface area contributed by atoms with Gasteiger partial charge in [-0.3, -0.25) is 0 Å². The summed E-state index contributed by atoms with van der Waals surface area (Å²) in [5, 5.41) is 4.16. The molecule has 0 aliphatic carbocycles. The summed E-state index contributed by atoms with van der Waals surface area (Å²) in [7, 11) is -1.06. The normalized spacial score (nSPS) is 11.3. The lowest BCUT2D eigenvalue weighted by Crippen LogP contribution is -2.17. The second-order valence-electron chi connectivity index (χ2n) is 5.19. The molecular weight excluding hydrogens is 342 g/mol. The maximum atomic E-state index is 12.9. The molecule has 3 rings (SSSR count). The van der Waals surface area contributed by atoms with E-state index in [0.717, 1.165) is 9.65 Å². The van der Waals surface area contributed by atoms with Crippen LogP contribution in [0.3, 0.4) is 0 Å². The molecule has 8 heteroatoms. The minimum absolute atomic E-state index is 0.000406. The molecular formula is C17H17N3O4S. The van der Waals surface area contributed by atoms with Crippen molar-refractivity contribution in [3.05, 3.63) is 54.6 Å². The summed E-state index contributed by atoms with van der Waals surface area (Å²) in [6.07, 6.45) is 0. The number of nitrogens with zero attached hydrogens (tertiary/aromatic N) is 2. The van der Waals surface area contributed by atoms with Gasteiger partial charge in [-0.2, -0.15) is 13.5 Å². The summed E-state index contributed by atoms with van der Waals surface area (Å²) < 4.78 is 36.9. The van der Waals surface area contributed by atoms with Gasteiger partial charge < -0.3 is 15.2 Å². The Hall–Kier alpha value is -3.00. The van der Waals surface area contributed by atoms with Gasteiger partial charge in [0.15, 0.2) is 11.5 Å². The van der Waals surface area contributed by atoms with Crippen LogP contribution in [0.2, 0.25) is 0 Å². The Labute approximate surface area is 145 Å². The minimum atomic E-state index is -3.97. The van der Waals surface area contributed by atoms with Gasteiger partial charge in [-0.05, 0) is 12.1 Å². The van der Waals surface area contributed by atoms with Crippen molar-refractivity contribution in [3.8, 4) is 22.8 Å². The lowest BCUT2D eigenvalue weighted by molar-refractivity contribution is 0.354.